The first-order valence-corrected chi connectivity index (χ1v) is 6.63. The van der Waals surface area contributed by atoms with Crippen LogP contribution in [0, 0.1) is 0 Å². The molecular formula is C13H11BrN2O2S. The summed E-state index contributed by atoms with van der Waals surface area (Å²) in [6.45, 7) is 0. The molecule has 1 aromatic heterocycles. The molecule has 0 saturated heterocycles. The fraction of sp³-hybridized carbons (Fsp3) is 0.0769. The predicted octanol–water partition coefficient (Wildman–Crippen LogP) is 2.95. The van der Waals surface area contributed by atoms with Crippen LogP contribution in [0.5, 0.6) is 0 Å². The molecule has 0 radical (unpaired) electrons. The van der Waals surface area contributed by atoms with Crippen LogP contribution in [-0.4, -0.2) is 17.9 Å². The molecular weight excluding hydrogens is 328 g/mol. The first-order chi connectivity index (χ1) is 9.00. The molecule has 98 valence electrons. The number of nitrogens with zero attached hydrogens (tertiary/aromatic N) is 1. The topological polar surface area (TPSA) is 59.5 Å². The summed E-state index contributed by atoms with van der Waals surface area (Å²) in [5, 5.41) is 0. The number of hydrogen-bond acceptors (Lipinski definition) is 3. The highest BCUT2D eigenvalue weighted by atomic mass is 79.9. The van der Waals surface area contributed by atoms with Crippen LogP contribution in [0.3, 0.4) is 0 Å². The molecule has 2 aromatic rings. The van der Waals surface area contributed by atoms with Gasteiger partial charge in [0.05, 0.1) is 5.69 Å². The second kappa shape index (κ2) is 5.54. The smallest absolute Gasteiger partial charge is 0.293 e. The van der Waals surface area contributed by atoms with Gasteiger partial charge in [-0.05, 0) is 40.2 Å². The Morgan fingerprint density at radius 2 is 2.00 bits per heavy atom. The van der Waals surface area contributed by atoms with Gasteiger partial charge in [0, 0.05) is 12.6 Å². The van der Waals surface area contributed by atoms with E-state index in [0.29, 0.717) is 15.9 Å². The maximum atomic E-state index is 12.3. The number of carbonyl (C=O) groups is 1. The van der Waals surface area contributed by atoms with Crippen LogP contribution >= 0.6 is 28.1 Å². The molecule has 1 heterocycles. The van der Waals surface area contributed by atoms with Crippen LogP contribution in [0.25, 0.3) is 0 Å². The summed E-state index contributed by atoms with van der Waals surface area (Å²) in [7, 11) is 1.65. The summed E-state index contributed by atoms with van der Waals surface area (Å²) in [5.74, 6) is -0.0264. The van der Waals surface area contributed by atoms with Gasteiger partial charge in [-0.25, -0.2) is 0 Å². The summed E-state index contributed by atoms with van der Waals surface area (Å²) in [4.78, 5) is 14.0. The molecule has 2 rings (SSSR count). The first-order valence-electron chi connectivity index (χ1n) is 5.43. The maximum absolute atomic E-state index is 12.3. The third-order valence-electron chi connectivity index (χ3n) is 2.62. The number of nitrogens with two attached hydrogens (primary N) is 1. The standard InChI is InChI=1S/C13H11BrN2O2S/c1-16(13(17)10-6-7-11(14)18-10)9-5-3-2-4-8(9)12(15)19/h2-7H,1H3,(H2,15,19). The highest BCUT2D eigenvalue weighted by Gasteiger charge is 2.19. The molecule has 0 spiro atoms. The highest BCUT2D eigenvalue weighted by molar-refractivity contribution is 9.10. The van der Waals surface area contributed by atoms with Crippen molar-refractivity contribution in [2.24, 2.45) is 5.73 Å². The Hall–Kier alpha value is -1.66. The zero-order chi connectivity index (χ0) is 14.0. The Bertz CT molecular complexity index is 639. The lowest BCUT2D eigenvalue weighted by Crippen LogP contribution is -2.28. The van der Waals surface area contributed by atoms with E-state index in [1.165, 1.54) is 4.90 Å². The second-order valence-electron chi connectivity index (χ2n) is 3.85. The van der Waals surface area contributed by atoms with Gasteiger partial charge in [-0.15, -0.1) is 0 Å². The van der Waals surface area contributed by atoms with Gasteiger partial charge in [0.25, 0.3) is 5.91 Å². The fourth-order valence-corrected chi connectivity index (χ4v) is 2.16. The van der Waals surface area contributed by atoms with E-state index in [2.05, 4.69) is 15.9 Å². The average Bonchev–Trinajstić information content (AvgIpc) is 2.83. The zero-order valence-corrected chi connectivity index (χ0v) is 12.5. The molecule has 0 unspecified atom stereocenters. The molecule has 4 nitrogen and oxygen atoms in total. The molecule has 1 amide bonds. The van der Waals surface area contributed by atoms with Crippen LogP contribution in [-0.2, 0) is 0 Å². The quantitative estimate of drug-likeness (QED) is 0.874. The third-order valence-corrected chi connectivity index (χ3v) is 3.27. The number of rotatable bonds is 3. The lowest BCUT2D eigenvalue weighted by Gasteiger charge is -2.19. The van der Waals surface area contributed by atoms with Crippen molar-refractivity contribution in [2.75, 3.05) is 11.9 Å². The monoisotopic (exact) mass is 338 g/mol. The van der Waals surface area contributed by atoms with Crippen molar-refractivity contribution in [1.29, 1.82) is 0 Å². The van der Waals surface area contributed by atoms with Gasteiger partial charge in [-0.3, -0.25) is 4.79 Å². The summed E-state index contributed by atoms with van der Waals surface area (Å²) in [5.41, 5.74) is 6.96. The van der Waals surface area contributed by atoms with E-state index in [-0.39, 0.29) is 16.7 Å². The number of halogens is 1. The number of furan rings is 1. The van der Waals surface area contributed by atoms with Crippen LogP contribution in [0.15, 0.2) is 45.5 Å². The first kappa shape index (κ1) is 13.8. The van der Waals surface area contributed by atoms with E-state index in [4.69, 9.17) is 22.4 Å². The molecule has 2 N–H and O–H groups in total. The Morgan fingerprint density at radius 3 is 2.58 bits per heavy atom. The average molecular weight is 339 g/mol. The summed E-state index contributed by atoms with van der Waals surface area (Å²) < 4.78 is 5.76. The molecule has 19 heavy (non-hydrogen) atoms. The van der Waals surface area contributed by atoms with E-state index in [1.807, 2.05) is 12.1 Å². The molecule has 6 heteroatoms. The molecule has 1 aromatic carbocycles. The van der Waals surface area contributed by atoms with Crippen molar-refractivity contribution in [3.05, 3.63) is 52.4 Å². The van der Waals surface area contributed by atoms with Gasteiger partial charge >= 0.3 is 0 Å². The van der Waals surface area contributed by atoms with Crippen molar-refractivity contribution < 1.29 is 9.21 Å². The minimum Gasteiger partial charge on any atom is -0.444 e. The number of carbonyl (C=O) groups excluding carboxylic acids is 1. The number of benzene rings is 1. The van der Waals surface area contributed by atoms with Gasteiger partial charge < -0.3 is 15.1 Å². The second-order valence-corrected chi connectivity index (χ2v) is 5.07. The molecule has 0 saturated carbocycles. The molecule has 0 atom stereocenters. The van der Waals surface area contributed by atoms with Crippen molar-refractivity contribution in [1.82, 2.24) is 0 Å². The number of amides is 1. The van der Waals surface area contributed by atoms with Gasteiger partial charge in [-0.2, -0.15) is 0 Å². The Kier molecular flexibility index (Phi) is 4.01. The lowest BCUT2D eigenvalue weighted by atomic mass is 10.1. The summed E-state index contributed by atoms with van der Waals surface area (Å²) >= 11 is 8.15. The molecule has 0 aliphatic rings. The van der Waals surface area contributed by atoms with E-state index in [9.17, 15) is 4.79 Å². The predicted molar refractivity (Wildman–Crippen MR) is 81.5 cm³/mol. The van der Waals surface area contributed by atoms with Gasteiger partial charge in [0.15, 0.2) is 10.4 Å². The largest absolute Gasteiger partial charge is 0.444 e. The van der Waals surface area contributed by atoms with Crippen LogP contribution in [0.2, 0.25) is 0 Å². The number of anilines is 1. The van der Waals surface area contributed by atoms with Crippen molar-refractivity contribution in [3.63, 3.8) is 0 Å². The third kappa shape index (κ3) is 2.85. The van der Waals surface area contributed by atoms with Gasteiger partial charge in [-0.1, -0.05) is 24.4 Å². The minimum absolute atomic E-state index is 0.243. The van der Waals surface area contributed by atoms with Crippen molar-refractivity contribution in [2.45, 2.75) is 0 Å². The lowest BCUT2D eigenvalue weighted by molar-refractivity contribution is 0.0965. The van der Waals surface area contributed by atoms with E-state index < -0.39 is 0 Å². The van der Waals surface area contributed by atoms with Gasteiger partial charge in [0.1, 0.15) is 4.99 Å². The zero-order valence-electron chi connectivity index (χ0n) is 10.1. The number of thiocarbonyl (C=S) groups is 1. The summed E-state index contributed by atoms with van der Waals surface area (Å²) in [6, 6.07) is 10.5. The molecule has 0 aliphatic heterocycles. The Balaban J connectivity index is 2.37. The van der Waals surface area contributed by atoms with Crippen LogP contribution in [0.1, 0.15) is 16.1 Å². The highest BCUT2D eigenvalue weighted by Crippen LogP contribution is 2.22. The molecule has 0 aliphatic carbocycles. The maximum Gasteiger partial charge on any atom is 0.293 e. The van der Waals surface area contributed by atoms with Crippen LogP contribution in [0.4, 0.5) is 5.69 Å². The molecule has 0 fully saturated rings. The van der Waals surface area contributed by atoms with E-state index >= 15 is 0 Å². The van der Waals surface area contributed by atoms with E-state index in [0.717, 1.165) is 0 Å². The Morgan fingerprint density at radius 1 is 1.32 bits per heavy atom. The Labute approximate surface area is 124 Å². The summed E-state index contributed by atoms with van der Waals surface area (Å²) in [6.07, 6.45) is 0. The minimum atomic E-state index is -0.269. The van der Waals surface area contributed by atoms with Gasteiger partial charge in [0.2, 0.25) is 0 Å². The van der Waals surface area contributed by atoms with Crippen molar-refractivity contribution in [3.8, 4) is 0 Å². The number of para-hydroxylation sites is 1. The number of hydrogen-bond donors (Lipinski definition) is 1. The molecule has 0 bridgehead atoms. The van der Waals surface area contributed by atoms with Crippen LogP contribution < -0.4 is 10.6 Å². The van der Waals surface area contributed by atoms with E-state index in [1.54, 1.807) is 31.3 Å². The SMILES string of the molecule is CN(C(=O)c1ccc(Br)o1)c1ccccc1C(N)=S. The fourth-order valence-electron chi connectivity index (χ4n) is 1.68. The normalized spacial score (nSPS) is 10.2. The van der Waals surface area contributed by atoms with Crippen molar-refractivity contribution >= 4 is 44.7 Å².